The van der Waals surface area contributed by atoms with Gasteiger partial charge >= 0.3 is 0 Å². The van der Waals surface area contributed by atoms with Crippen molar-refractivity contribution in [1.29, 1.82) is 0 Å². The Hall–Kier alpha value is -0.970. The van der Waals surface area contributed by atoms with Crippen LogP contribution in [-0.4, -0.2) is 22.9 Å². The highest BCUT2D eigenvalue weighted by molar-refractivity contribution is 9.10. The third-order valence-corrected chi connectivity index (χ3v) is 4.11. The molecule has 19 heavy (non-hydrogen) atoms. The zero-order valence-electron chi connectivity index (χ0n) is 10.9. The Labute approximate surface area is 119 Å². The number of nitrogens with zero attached hydrogens (tertiary/aromatic N) is 1. The Bertz CT molecular complexity index is 473. The van der Waals surface area contributed by atoms with Crippen LogP contribution in [0.25, 0.3) is 0 Å². The minimum Gasteiger partial charge on any atom is -0.333 e. The number of hydrogen-bond donors (Lipinski definition) is 0. The van der Waals surface area contributed by atoms with Gasteiger partial charge in [0.05, 0.1) is 0 Å². The van der Waals surface area contributed by atoms with Crippen molar-refractivity contribution in [3.05, 3.63) is 33.8 Å². The summed E-state index contributed by atoms with van der Waals surface area (Å²) in [4.78, 5) is 14.0. The number of likely N-dealkylation sites (tertiary alicyclic amines) is 1. The van der Waals surface area contributed by atoms with Crippen LogP contribution >= 0.6 is 15.9 Å². The Morgan fingerprint density at radius 2 is 1.68 bits per heavy atom. The first kappa shape index (κ1) is 14.4. The minimum absolute atomic E-state index is 0.0127. The molecule has 104 valence electrons. The molecule has 1 aromatic rings. The van der Waals surface area contributed by atoms with E-state index in [1.165, 1.54) is 0 Å². The average molecular weight is 332 g/mol. The fraction of sp³-hybridized carbons (Fsp3) is 0.500. The first-order chi connectivity index (χ1) is 8.91. The van der Waals surface area contributed by atoms with Crippen molar-refractivity contribution in [2.24, 2.45) is 0 Å². The summed E-state index contributed by atoms with van der Waals surface area (Å²) in [6.07, 6.45) is 2.78. The van der Waals surface area contributed by atoms with Crippen molar-refractivity contribution in [3.63, 3.8) is 0 Å². The van der Waals surface area contributed by atoms with Gasteiger partial charge in [0.2, 0.25) is 0 Å². The fourth-order valence-corrected chi connectivity index (χ4v) is 3.10. The van der Waals surface area contributed by atoms with E-state index in [9.17, 15) is 13.6 Å². The van der Waals surface area contributed by atoms with Gasteiger partial charge in [0.25, 0.3) is 5.91 Å². The van der Waals surface area contributed by atoms with E-state index >= 15 is 0 Å². The molecule has 1 fully saturated rings. The van der Waals surface area contributed by atoms with Gasteiger partial charge in [0, 0.05) is 16.6 Å². The van der Waals surface area contributed by atoms with E-state index in [-0.39, 0.29) is 12.1 Å². The summed E-state index contributed by atoms with van der Waals surface area (Å²) in [7, 11) is 0. The van der Waals surface area contributed by atoms with E-state index < -0.39 is 23.1 Å². The van der Waals surface area contributed by atoms with Gasteiger partial charge in [-0.2, -0.15) is 0 Å². The van der Waals surface area contributed by atoms with Crippen LogP contribution in [0.1, 0.15) is 43.5 Å². The standard InChI is InChI=1S/C14H16BrF2NO/c1-8-4-3-5-9(2)18(8)14(19)13-11(16)6-10(15)7-12(13)17/h6-9H,3-5H2,1-2H3. The number of carbonyl (C=O) groups excluding carboxylic acids is 1. The topological polar surface area (TPSA) is 20.3 Å². The van der Waals surface area contributed by atoms with Crippen molar-refractivity contribution in [1.82, 2.24) is 4.90 Å². The van der Waals surface area contributed by atoms with E-state index in [2.05, 4.69) is 15.9 Å². The summed E-state index contributed by atoms with van der Waals surface area (Å²) in [6, 6.07) is 2.27. The Morgan fingerprint density at radius 3 is 2.16 bits per heavy atom. The summed E-state index contributed by atoms with van der Waals surface area (Å²) >= 11 is 3.01. The second-order valence-electron chi connectivity index (χ2n) is 5.09. The van der Waals surface area contributed by atoms with Crippen LogP contribution in [0.15, 0.2) is 16.6 Å². The molecule has 1 heterocycles. The molecule has 0 radical (unpaired) electrons. The summed E-state index contributed by atoms with van der Waals surface area (Å²) in [5.41, 5.74) is -0.455. The second kappa shape index (κ2) is 5.57. The van der Waals surface area contributed by atoms with Crippen LogP contribution in [0.3, 0.4) is 0 Å². The Kier molecular flexibility index (Phi) is 4.23. The zero-order chi connectivity index (χ0) is 14.2. The summed E-state index contributed by atoms with van der Waals surface area (Å²) in [5.74, 6) is -2.19. The van der Waals surface area contributed by atoms with Gasteiger partial charge in [-0.25, -0.2) is 8.78 Å². The van der Waals surface area contributed by atoms with Gasteiger partial charge in [-0.15, -0.1) is 0 Å². The number of rotatable bonds is 1. The molecule has 2 nitrogen and oxygen atoms in total. The Morgan fingerprint density at radius 1 is 1.21 bits per heavy atom. The van der Waals surface area contributed by atoms with Crippen molar-refractivity contribution >= 4 is 21.8 Å². The van der Waals surface area contributed by atoms with Crippen LogP contribution in [-0.2, 0) is 0 Å². The summed E-state index contributed by atoms with van der Waals surface area (Å²) in [6.45, 7) is 3.84. The average Bonchev–Trinajstić information content (AvgIpc) is 2.26. The number of benzene rings is 1. The number of carbonyl (C=O) groups is 1. The van der Waals surface area contributed by atoms with Crippen LogP contribution in [0.2, 0.25) is 0 Å². The van der Waals surface area contributed by atoms with Crippen molar-refractivity contribution < 1.29 is 13.6 Å². The smallest absolute Gasteiger partial charge is 0.260 e. The number of hydrogen-bond acceptors (Lipinski definition) is 1. The molecule has 0 aromatic heterocycles. The van der Waals surface area contributed by atoms with Crippen LogP contribution < -0.4 is 0 Å². The normalized spacial score (nSPS) is 23.5. The predicted molar refractivity (Wildman–Crippen MR) is 73.0 cm³/mol. The molecule has 2 atom stereocenters. The zero-order valence-corrected chi connectivity index (χ0v) is 12.5. The molecule has 1 saturated heterocycles. The maximum atomic E-state index is 13.9. The molecule has 1 aliphatic rings. The van der Waals surface area contributed by atoms with Gasteiger partial charge in [0.15, 0.2) is 0 Å². The second-order valence-corrected chi connectivity index (χ2v) is 6.00. The molecule has 1 aromatic carbocycles. The summed E-state index contributed by atoms with van der Waals surface area (Å²) < 4.78 is 28.0. The highest BCUT2D eigenvalue weighted by Gasteiger charge is 2.32. The third kappa shape index (κ3) is 2.81. The molecule has 0 bridgehead atoms. The monoisotopic (exact) mass is 331 g/mol. The van der Waals surface area contributed by atoms with E-state index in [0.717, 1.165) is 31.4 Å². The molecular formula is C14H16BrF2NO. The lowest BCUT2D eigenvalue weighted by atomic mass is 9.96. The fourth-order valence-electron chi connectivity index (χ4n) is 2.70. The minimum atomic E-state index is -0.818. The molecule has 0 spiro atoms. The molecule has 0 saturated carbocycles. The van der Waals surface area contributed by atoms with Crippen molar-refractivity contribution in [2.45, 2.75) is 45.2 Å². The van der Waals surface area contributed by atoms with E-state index in [4.69, 9.17) is 0 Å². The van der Waals surface area contributed by atoms with E-state index in [1.807, 2.05) is 13.8 Å². The lowest BCUT2D eigenvalue weighted by molar-refractivity contribution is 0.0501. The maximum absolute atomic E-state index is 13.9. The molecular weight excluding hydrogens is 316 g/mol. The van der Waals surface area contributed by atoms with Gasteiger partial charge in [0.1, 0.15) is 17.2 Å². The molecule has 0 N–H and O–H groups in total. The molecule has 2 unspecified atom stereocenters. The molecule has 2 rings (SSSR count). The van der Waals surface area contributed by atoms with Crippen LogP contribution in [0.5, 0.6) is 0 Å². The van der Waals surface area contributed by atoms with Gasteiger partial charge in [-0.05, 0) is 45.2 Å². The van der Waals surface area contributed by atoms with E-state index in [0.29, 0.717) is 4.47 Å². The van der Waals surface area contributed by atoms with Crippen LogP contribution in [0.4, 0.5) is 8.78 Å². The number of halogens is 3. The molecule has 1 amide bonds. The first-order valence-electron chi connectivity index (χ1n) is 6.39. The first-order valence-corrected chi connectivity index (χ1v) is 7.18. The lowest BCUT2D eigenvalue weighted by Crippen LogP contribution is -2.48. The van der Waals surface area contributed by atoms with Gasteiger partial charge in [-0.3, -0.25) is 4.79 Å². The van der Waals surface area contributed by atoms with E-state index in [1.54, 1.807) is 4.90 Å². The lowest BCUT2D eigenvalue weighted by Gasteiger charge is -2.39. The number of piperidine rings is 1. The molecule has 1 aliphatic heterocycles. The Balaban J connectivity index is 2.38. The van der Waals surface area contributed by atoms with Gasteiger partial charge in [-0.1, -0.05) is 15.9 Å². The van der Waals surface area contributed by atoms with Crippen LogP contribution in [0, 0.1) is 11.6 Å². The quantitative estimate of drug-likeness (QED) is 0.757. The summed E-state index contributed by atoms with van der Waals surface area (Å²) in [5, 5.41) is 0. The van der Waals surface area contributed by atoms with Crippen molar-refractivity contribution in [3.8, 4) is 0 Å². The molecule has 0 aliphatic carbocycles. The SMILES string of the molecule is CC1CCCC(C)N1C(=O)c1c(F)cc(Br)cc1F. The highest BCUT2D eigenvalue weighted by atomic mass is 79.9. The number of amides is 1. The van der Waals surface area contributed by atoms with Gasteiger partial charge < -0.3 is 4.90 Å². The highest BCUT2D eigenvalue weighted by Crippen LogP contribution is 2.27. The predicted octanol–water partition coefficient (Wildman–Crippen LogP) is 4.13. The largest absolute Gasteiger partial charge is 0.333 e. The third-order valence-electron chi connectivity index (χ3n) is 3.65. The maximum Gasteiger partial charge on any atom is 0.260 e. The van der Waals surface area contributed by atoms with Crippen molar-refractivity contribution in [2.75, 3.05) is 0 Å². The molecule has 5 heteroatoms.